The Hall–Kier alpha value is -1.36. The van der Waals surface area contributed by atoms with Crippen molar-refractivity contribution in [1.82, 2.24) is 4.98 Å². The minimum Gasteiger partial charge on any atom is -0.258 e. The highest BCUT2D eigenvalue weighted by atomic mass is 35.5. The van der Waals surface area contributed by atoms with Crippen LogP contribution in [0, 0.1) is 10.1 Å². The number of hydrogen-bond donors (Lipinski definition) is 0. The van der Waals surface area contributed by atoms with Gasteiger partial charge < -0.3 is 0 Å². The minimum atomic E-state index is -0.556. The first-order chi connectivity index (χ1) is 8.49. The molecule has 0 saturated heterocycles. The molecule has 0 radical (unpaired) electrons. The van der Waals surface area contributed by atoms with Crippen molar-refractivity contribution < 1.29 is 4.92 Å². The molecule has 2 rings (SSSR count). The van der Waals surface area contributed by atoms with Gasteiger partial charge in [-0.3, -0.25) is 10.1 Å². The molecule has 7 heteroatoms. The van der Waals surface area contributed by atoms with E-state index >= 15 is 0 Å². The van der Waals surface area contributed by atoms with E-state index in [0.29, 0.717) is 15.6 Å². The van der Waals surface area contributed by atoms with Crippen LogP contribution in [0.2, 0.25) is 15.1 Å². The van der Waals surface area contributed by atoms with Gasteiger partial charge in [0, 0.05) is 22.8 Å². The maximum absolute atomic E-state index is 11.0. The SMILES string of the molecule is O=[N+]([O-])c1cc(Cl)cnc1-c1ccc(Cl)cc1Cl. The van der Waals surface area contributed by atoms with Crippen molar-refractivity contribution in [3.63, 3.8) is 0 Å². The van der Waals surface area contributed by atoms with E-state index in [1.165, 1.54) is 18.3 Å². The van der Waals surface area contributed by atoms with Gasteiger partial charge >= 0.3 is 0 Å². The summed E-state index contributed by atoms with van der Waals surface area (Å²) in [6, 6.07) is 5.89. The van der Waals surface area contributed by atoms with Crippen LogP contribution in [0.15, 0.2) is 30.5 Å². The summed E-state index contributed by atoms with van der Waals surface area (Å²) in [4.78, 5) is 14.4. The number of hydrogen-bond acceptors (Lipinski definition) is 3. The van der Waals surface area contributed by atoms with Gasteiger partial charge in [-0.1, -0.05) is 34.8 Å². The molecule has 0 spiro atoms. The van der Waals surface area contributed by atoms with Gasteiger partial charge in [-0.05, 0) is 18.2 Å². The molecule has 0 fully saturated rings. The zero-order valence-corrected chi connectivity index (χ0v) is 11.0. The van der Waals surface area contributed by atoms with Crippen molar-refractivity contribution >= 4 is 40.5 Å². The number of nitro groups is 1. The molecule has 0 saturated carbocycles. The van der Waals surface area contributed by atoms with Crippen molar-refractivity contribution in [2.45, 2.75) is 0 Å². The molecule has 0 amide bonds. The fourth-order valence-electron chi connectivity index (χ4n) is 1.46. The molecule has 0 atom stereocenters. The van der Waals surface area contributed by atoms with E-state index in [1.54, 1.807) is 12.1 Å². The van der Waals surface area contributed by atoms with Crippen LogP contribution >= 0.6 is 34.8 Å². The van der Waals surface area contributed by atoms with Gasteiger partial charge in [-0.15, -0.1) is 0 Å². The van der Waals surface area contributed by atoms with Gasteiger partial charge in [0.05, 0.1) is 15.0 Å². The average molecular weight is 304 g/mol. The third kappa shape index (κ3) is 2.56. The van der Waals surface area contributed by atoms with Gasteiger partial charge in [0.15, 0.2) is 0 Å². The van der Waals surface area contributed by atoms with E-state index in [-0.39, 0.29) is 16.4 Å². The Morgan fingerprint density at radius 2 is 1.83 bits per heavy atom. The van der Waals surface area contributed by atoms with Gasteiger partial charge in [0.25, 0.3) is 5.69 Å². The highest BCUT2D eigenvalue weighted by molar-refractivity contribution is 6.36. The zero-order valence-electron chi connectivity index (χ0n) is 8.73. The monoisotopic (exact) mass is 302 g/mol. The van der Waals surface area contributed by atoms with Crippen LogP contribution in [-0.4, -0.2) is 9.91 Å². The largest absolute Gasteiger partial charge is 0.297 e. The first-order valence-corrected chi connectivity index (χ1v) is 5.88. The lowest BCUT2D eigenvalue weighted by Crippen LogP contribution is -1.95. The molecule has 92 valence electrons. The molecule has 0 aliphatic rings. The summed E-state index contributed by atoms with van der Waals surface area (Å²) < 4.78 is 0. The summed E-state index contributed by atoms with van der Waals surface area (Å²) in [6.07, 6.45) is 1.33. The molecule has 18 heavy (non-hydrogen) atoms. The Bertz CT molecular complexity index is 632. The summed E-state index contributed by atoms with van der Waals surface area (Å²) in [7, 11) is 0. The first-order valence-electron chi connectivity index (χ1n) is 4.74. The number of pyridine rings is 1. The Kier molecular flexibility index (Phi) is 3.71. The molecule has 1 heterocycles. The molecular weight excluding hydrogens is 298 g/mol. The number of benzene rings is 1. The van der Waals surface area contributed by atoms with Crippen LogP contribution in [0.3, 0.4) is 0 Å². The normalized spacial score (nSPS) is 10.4. The minimum absolute atomic E-state index is 0.158. The molecule has 1 aromatic heterocycles. The summed E-state index contributed by atoms with van der Waals surface area (Å²) in [5.74, 6) is 0. The van der Waals surface area contributed by atoms with E-state index in [4.69, 9.17) is 34.8 Å². The molecule has 0 aliphatic carbocycles. The Balaban J connectivity index is 2.67. The first kappa shape index (κ1) is 13.1. The van der Waals surface area contributed by atoms with Crippen LogP contribution < -0.4 is 0 Å². The molecule has 1 aromatic carbocycles. The van der Waals surface area contributed by atoms with Gasteiger partial charge in [-0.25, -0.2) is 4.98 Å². The molecule has 0 N–H and O–H groups in total. The second-order valence-corrected chi connectivity index (χ2v) is 4.68. The van der Waals surface area contributed by atoms with Crippen molar-refractivity contribution in [3.8, 4) is 11.3 Å². The van der Waals surface area contributed by atoms with Crippen LogP contribution in [-0.2, 0) is 0 Å². The van der Waals surface area contributed by atoms with Gasteiger partial charge in [0.1, 0.15) is 5.69 Å². The average Bonchev–Trinajstić information content (AvgIpc) is 2.29. The summed E-state index contributed by atoms with van der Waals surface area (Å²) >= 11 is 17.5. The molecule has 0 unspecified atom stereocenters. The van der Waals surface area contributed by atoms with Crippen molar-refractivity contribution in [2.24, 2.45) is 0 Å². The molecule has 4 nitrogen and oxygen atoms in total. The lowest BCUT2D eigenvalue weighted by atomic mass is 10.1. The predicted molar refractivity (Wildman–Crippen MR) is 71.4 cm³/mol. The number of halogens is 3. The van der Waals surface area contributed by atoms with E-state index in [9.17, 15) is 10.1 Å². The van der Waals surface area contributed by atoms with E-state index < -0.39 is 4.92 Å². The quantitative estimate of drug-likeness (QED) is 0.601. The Morgan fingerprint density at radius 3 is 2.44 bits per heavy atom. The number of aromatic nitrogens is 1. The summed E-state index contributed by atoms with van der Waals surface area (Å²) in [5, 5.41) is 11.9. The zero-order chi connectivity index (χ0) is 13.3. The molecule has 0 aliphatic heterocycles. The fraction of sp³-hybridized carbons (Fsp3) is 0. The number of rotatable bonds is 2. The molecule has 2 aromatic rings. The fourth-order valence-corrected chi connectivity index (χ4v) is 2.11. The second kappa shape index (κ2) is 5.10. The molecular formula is C11H5Cl3N2O2. The maximum atomic E-state index is 11.0. The van der Waals surface area contributed by atoms with Crippen molar-refractivity contribution in [1.29, 1.82) is 0 Å². The van der Waals surface area contributed by atoms with Gasteiger partial charge in [0.2, 0.25) is 0 Å². The van der Waals surface area contributed by atoms with Crippen LogP contribution in [0.4, 0.5) is 5.69 Å². The lowest BCUT2D eigenvalue weighted by molar-refractivity contribution is -0.384. The summed E-state index contributed by atoms with van der Waals surface area (Å²) in [5.41, 5.74) is 0.391. The predicted octanol–water partition coefficient (Wildman–Crippen LogP) is 4.62. The van der Waals surface area contributed by atoms with Crippen LogP contribution in [0.5, 0.6) is 0 Å². The maximum Gasteiger partial charge on any atom is 0.297 e. The Labute approximate surface area is 117 Å². The molecule has 0 bridgehead atoms. The van der Waals surface area contributed by atoms with E-state index in [2.05, 4.69) is 4.98 Å². The highest BCUT2D eigenvalue weighted by Gasteiger charge is 2.19. The smallest absolute Gasteiger partial charge is 0.258 e. The highest BCUT2D eigenvalue weighted by Crippen LogP contribution is 2.35. The standard InChI is InChI=1S/C11H5Cl3N2O2/c12-6-1-2-8(9(14)3-6)11-10(16(17)18)4-7(13)5-15-11/h1-5H. The van der Waals surface area contributed by atoms with E-state index in [0.717, 1.165) is 0 Å². The van der Waals surface area contributed by atoms with Crippen LogP contribution in [0.1, 0.15) is 0 Å². The third-order valence-electron chi connectivity index (χ3n) is 2.22. The lowest BCUT2D eigenvalue weighted by Gasteiger charge is -2.05. The Morgan fingerprint density at radius 1 is 1.11 bits per heavy atom. The number of nitrogens with zero attached hydrogens (tertiary/aromatic N) is 2. The van der Waals surface area contributed by atoms with Crippen molar-refractivity contribution in [3.05, 3.63) is 55.6 Å². The topological polar surface area (TPSA) is 56.0 Å². The summed E-state index contributed by atoms with van der Waals surface area (Å²) in [6.45, 7) is 0. The van der Waals surface area contributed by atoms with E-state index in [1.807, 2.05) is 0 Å². The van der Waals surface area contributed by atoms with Crippen molar-refractivity contribution in [2.75, 3.05) is 0 Å². The van der Waals surface area contributed by atoms with Crippen LogP contribution in [0.25, 0.3) is 11.3 Å². The second-order valence-electron chi connectivity index (χ2n) is 3.40. The third-order valence-corrected chi connectivity index (χ3v) is 2.97. The van der Waals surface area contributed by atoms with Gasteiger partial charge in [-0.2, -0.15) is 0 Å².